The minimum atomic E-state index is -0.557. The monoisotopic (exact) mass is 274 g/mol. The van der Waals surface area contributed by atoms with E-state index in [4.69, 9.17) is 30.5 Å². The van der Waals surface area contributed by atoms with Crippen LogP contribution in [-0.2, 0) is 14.3 Å². The second-order valence-electron chi connectivity index (χ2n) is 3.32. The average molecular weight is 275 g/mol. The molecule has 0 fully saturated rings. The zero-order valence-electron chi connectivity index (χ0n) is 10.4. The summed E-state index contributed by atoms with van der Waals surface area (Å²) < 4.78 is 20.4. The number of alkyl halides is 1. The molecule has 0 aliphatic rings. The predicted octanol–water partition coefficient (Wildman–Crippen LogP) is 2.13. The van der Waals surface area contributed by atoms with Gasteiger partial charge in [-0.1, -0.05) is 6.07 Å². The van der Waals surface area contributed by atoms with Crippen molar-refractivity contribution in [2.24, 2.45) is 0 Å². The Labute approximate surface area is 111 Å². The molecule has 0 bridgehead atoms. The molecule has 0 amide bonds. The number of hydrogen-bond donors (Lipinski definition) is 0. The normalized spacial score (nSPS) is 10.5. The van der Waals surface area contributed by atoms with Crippen molar-refractivity contribution in [1.82, 2.24) is 0 Å². The zero-order valence-corrected chi connectivity index (χ0v) is 11.2. The highest BCUT2D eigenvalue weighted by molar-refractivity contribution is 6.26. The molecule has 0 aliphatic carbocycles. The largest absolute Gasteiger partial charge is 0.493 e. The van der Waals surface area contributed by atoms with Gasteiger partial charge in [-0.05, 0) is 12.1 Å². The number of carbonyl (C=O) groups excluding carboxylic acids is 1. The fraction of sp³-hybridized carbons (Fsp3) is 0.417. The molecule has 0 saturated carbocycles. The van der Waals surface area contributed by atoms with Gasteiger partial charge in [0.2, 0.25) is 0 Å². The molecule has 0 aromatic heterocycles. The molecule has 0 spiro atoms. The van der Waals surface area contributed by atoms with Crippen molar-refractivity contribution in [2.75, 3.05) is 27.2 Å². The summed E-state index contributed by atoms with van der Waals surface area (Å²) in [7, 11) is 4.52. The van der Waals surface area contributed by atoms with Crippen molar-refractivity contribution in [3.05, 3.63) is 23.8 Å². The Kier molecular flexibility index (Phi) is 5.91. The highest BCUT2D eigenvalue weighted by Gasteiger charge is 2.15. The van der Waals surface area contributed by atoms with Crippen molar-refractivity contribution < 1.29 is 23.7 Å². The summed E-state index contributed by atoms with van der Waals surface area (Å²) in [5.41, 5.74) is 0.707. The molecule has 0 heterocycles. The minimum absolute atomic E-state index is 0.231. The second kappa shape index (κ2) is 7.20. The lowest BCUT2D eigenvalue weighted by atomic mass is 10.2. The van der Waals surface area contributed by atoms with E-state index in [1.807, 2.05) is 0 Å². The Morgan fingerprint density at radius 3 is 2.39 bits per heavy atom. The fourth-order valence-corrected chi connectivity index (χ4v) is 1.49. The van der Waals surface area contributed by atoms with E-state index in [1.165, 1.54) is 21.3 Å². The Bertz CT molecular complexity index is 403. The molecular formula is C12H15ClO5. The number of esters is 1. The zero-order chi connectivity index (χ0) is 13.5. The third-order valence-corrected chi connectivity index (χ3v) is 2.44. The van der Waals surface area contributed by atoms with Crippen LogP contribution < -0.4 is 9.47 Å². The number of methoxy groups -OCH3 is 3. The van der Waals surface area contributed by atoms with Crippen LogP contribution in [0.25, 0.3) is 0 Å². The number of carbonyl (C=O) groups is 1. The summed E-state index contributed by atoms with van der Waals surface area (Å²) >= 11 is 5.39. The van der Waals surface area contributed by atoms with Crippen LogP contribution in [0.15, 0.2) is 18.2 Å². The highest BCUT2D eigenvalue weighted by atomic mass is 35.5. The minimum Gasteiger partial charge on any atom is -0.493 e. The molecule has 1 aromatic carbocycles. The van der Waals surface area contributed by atoms with Gasteiger partial charge < -0.3 is 18.9 Å². The summed E-state index contributed by atoms with van der Waals surface area (Å²) in [6.07, 6.45) is -0.538. The van der Waals surface area contributed by atoms with Gasteiger partial charge in [-0.25, -0.2) is 0 Å². The van der Waals surface area contributed by atoms with Crippen LogP contribution in [0.1, 0.15) is 11.9 Å². The van der Waals surface area contributed by atoms with Gasteiger partial charge in [0.1, 0.15) is 5.88 Å². The lowest BCUT2D eigenvalue weighted by Crippen LogP contribution is -2.11. The molecule has 0 atom stereocenters. The number of hydrogen-bond acceptors (Lipinski definition) is 5. The molecule has 18 heavy (non-hydrogen) atoms. The Morgan fingerprint density at radius 1 is 1.22 bits per heavy atom. The number of rotatable bonds is 6. The number of ether oxygens (including phenoxy) is 4. The van der Waals surface area contributed by atoms with Gasteiger partial charge in [0.05, 0.1) is 7.11 Å². The maximum atomic E-state index is 11.2. The van der Waals surface area contributed by atoms with Gasteiger partial charge in [-0.3, -0.25) is 4.79 Å². The molecule has 0 aliphatic heterocycles. The predicted molar refractivity (Wildman–Crippen MR) is 66.1 cm³/mol. The van der Waals surface area contributed by atoms with Crippen LogP contribution in [0.5, 0.6) is 11.5 Å². The topological polar surface area (TPSA) is 54.0 Å². The number of benzene rings is 1. The van der Waals surface area contributed by atoms with E-state index in [0.717, 1.165) is 0 Å². The van der Waals surface area contributed by atoms with E-state index in [9.17, 15) is 4.79 Å². The van der Waals surface area contributed by atoms with E-state index < -0.39 is 12.3 Å². The van der Waals surface area contributed by atoms with Gasteiger partial charge in [-0.2, -0.15) is 0 Å². The van der Waals surface area contributed by atoms with Gasteiger partial charge in [0.15, 0.2) is 17.8 Å². The van der Waals surface area contributed by atoms with Crippen molar-refractivity contribution >= 4 is 17.6 Å². The average Bonchev–Trinajstić information content (AvgIpc) is 2.40. The van der Waals surface area contributed by atoms with Crippen LogP contribution in [-0.4, -0.2) is 33.2 Å². The maximum Gasteiger partial charge on any atom is 0.326 e. The van der Waals surface area contributed by atoms with E-state index in [2.05, 4.69) is 0 Å². The molecular weight excluding hydrogens is 260 g/mol. The lowest BCUT2D eigenvalue weighted by Gasteiger charge is -2.16. The summed E-state index contributed by atoms with van der Waals surface area (Å²) in [6, 6.07) is 5.03. The van der Waals surface area contributed by atoms with E-state index in [0.29, 0.717) is 11.3 Å². The first-order chi connectivity index (χ1) is 8.65. The maximum absolute atomic E-state index is 11.2. The van der Waals surface area contributed by atoms with Crippen LogP contribution in [0.3, 0.4) is 0 Å². The molecule has 1 rings (SSSR count). The molecule has 0 unspecified atom stereocenters. The Balaban J connectivity index is 3.04. The van der Waals surface area contributed by atoms with Crippen molar-refractivity contribution in [3.63, 3.8) is 0 Å². The standard InChI is InChI=1S/C12H15ClO5/c1-15-9-5-4-8(12(16-2)17-3)6-10(9)18-11(14)7-13/h4-6,12H,7H2,1-3H3. The Morgan fingerprint density at radius 2 is 1.89 bits per heavy atom. The third kappa shape index (κ3) is 3.60. The van der Waals surface area contributed by atoms with Crippen molar-refractivity contribution in [2.45, 2.75) is 6.29 Å². The molecule has 1 aromatic rings. The summed E-state index contributed by atoms with van der Waals surface area (Å²) in [5.74, 6) is -0.0767. The summed E-state index contributed by atoms with van der Waals surface area (Å²) in [5, 5.41) is 0. The molecule has 100 valence electrons. The highest BCUT2D eigenvalue weighted by Crippen LogP contribution is 2.31. The van der Waals surface area contributed by atoms with E-state index >= 15 is 0 Å². The van der Waals surface area contributed by atoms with Crippen LogP contribution >= 0.6 is 11.6 Å². The number of halogens is 1. The van der Waals surface area contributed by atoms with Crippen LogP contribution in [0, 0.1) is 0 Å². The molecule has 0 radical (unpaired) electrons. The Hall–Kier alpha value is -1.30. The SMILES string of the molecule is COc1ccc(C(OC)OC)cc1OC(=O)CCl. The molecule has 0 saturated heterocycles. The van der Waals surface area contributed by atoms with Gasteiger partial charge in [0.25, 0.3) is 0 Å². The van der Waals surface area contributed by atoms with Gasteiger partial charge in [0, 0.05) is 19.8 Å². The summed E-state index contributed by atoms with van der Waals surface area (Å²) in [6.45, 7) is 0. The van der Waals surface area contributed by atoms with Crippen molar-refractivity contribution in [1.29, 1.82) is 0 Å². The lowest BCUT2D eigenvalue weighted by molar-refractivity contribution is -0.131. The molecule has 5 nitrogen and oxygen atoms in total. The van der Waals surface area contributed by atoms with Gasteiger partial charge in [-0.15, -0.1) is 11.6 Å². The second-order valence-corrected chi connectivity index (χ2v) is 3.59. The van der Waals surface area contributed by atoms with Crippen LogP contribution in [0.2, 0.25) is 0 Å². The third-order valence-electron chi connectivity index (χ3n) is 2.22. The first-order valence-electron chi connectivity index (χ1n) is 5.16. The first-order valence-corrected chi connectivity index (χ1v) is 5.69. The quantitative estimate of drug-likeness (QED) is 0.344. The van der Waals surface area contributed by atoms with Crippen molar-refractivity contribution in [3.8, 4) is 11.5 Å². The first kappa shape index (κ1) is 14.8. The summed E-state index contributed by atoms with van der Waals surface area (Å²) in [4.78, 5) is 11.2. The molecule has 0 N–H and O–H groups in total. The smallest absolute Gasteiger partial charge is 0.326 e. The fourth-order valence-electron chi connectivity index (χ4n) is 1.44. The van der Waals surface area contributed by atoms with Crippen LogP contribution in [0.4, 0.5) is 0 Å². The molecule has 6 heteroatoms. The van der Waals surface area contributed by atoms with E-state index in [-0.39, 0.29) is 11.6 Å². The van der Waals surface area contributed by atoms with E-state index in [1.54, 1.807) is 18.2 Å². The van der Waals surface area contributed by atoms with Gasteiger partial charge >= 0.3 is 5.97 Å².